The molecule has 1 fully saturated rings. The van der Waals surface area contributed by atoms with Gasteiger partial charge in [0.2, 0.25) is 0 Å². The Balaban J connectivity index is 0.0000143. The van der Waals surface area contributed by atoms with Crippen LogP contribution in [0, 0.1) is 0 Å². The van der Waals surface area contributed by atoms with Crippen LogP contribution in [-0.2, 0) is 28.6 Å². The average molecular weight is 777 g/mol. The lowest BCUT2D eigenvalue weighted by Gasteiger charge is -2.36. The number of carbonyl (C=O) groups is 3. The van der Waals surface area contributed by atoms with Gasteiger partial charge in [0.25, 0.3) is 0 Å². The first kappa shape index (κ1) is 52.8. The topological polar surface area (TPSA) is 85.4 Å². The van der Waals surface area contributed by atoms with Crippen LogP contribution in [0.3, 0.4) is 0 Å². The molecule has 1 aliphatic rings. The zero-order chi connectivity index (χ0) is 40.6. The number of esters is 3. The predicted octanol–water partition coefficient (Wildman–Crippen LogP) is 11.9. The Kier molecular flexibility index (Phi) is 38.4. The molecule has 8 nitrogen and oxygen atoms in total. The van der Waals surface area contributed by atoms with Gasteiger partial charge in [0.15, 0.2) is 0 Å². The summed E-state index contributed by atoms with van der Waals surface area (Å²) in [6.07, 6.45) is 34.5. The second-order valence-electron chi connectivity index (χ2n) is 15.5. The SMILES string of the molecule is CC.CCCCCC/C=C\COC(=O)CCCCCCCC(CCCCCCCC(=O)OC/C=C\CCCCCC)OC(=O)CCC(C)N1CCN(C)CC1. The lowest BCUT2D eigenvalue weighted by molar-refractivity contribution is -0.150. The maximum atomic E-state index is 13.0. The zero-order valence-corrected chi connectivity index (χ0v) is 36.9. The molecule has 1 rings (SSSR count). The van der Waals surface area contributed by atoms with Gasteiger partial charge in [-0.15, -0.1) is 0 Å². The first-order chi connectivity index (χ1) is 26.8. The molecule has 0 bridgehead atoms. The van der Waals surface area contributed by atoms with Gasteiger partial charge in [-0.25, -0.2) is 0 Å². The van der Waals surface area contributed by atoms with E-state index in [4.69, 9.17) is 14.2 Å². The molecule has 0 aliphatic carbocycles. The minimum atomic E-state index is -0.106. The van der Waals surface area contributed by atoms with Gasteiger partial charge in [-0.05, 0) is 84.6 Å². The molecule has 0 aromatic carbocycles. The van der Waals surface area contributed by atoms with Crippen molar-refractivity contribution < 1.29 is 28.6 Å². The summed E-state index contributed by atoms with van der Waals surface area (Å²) in [5, 5.41) is 0. The molecule has 0 aromatic rings. The van der Waals surface area contributed by atoms with Crippen LogP contribution < -0.4 is 0 Å². The summed E-state index contributed by atoms with van der Waals surface area (Å²) < 4.78 is 16.8. The minimum absolute atomic E-state index is 0.0363. The largest absolute Gasteiger partial charge is 0.462 e. The molecule has 1 unspecified atom stereocenters. The van der Waals surface area contributed by atoms with E-state index in [1.54, 1.807) is 0 Å². The number of ether oxygens (including phenoxy) is 3. The molecule has 322 valence electrons. The van der Waals surface area contributed by atoms with E-state index in [0.29, 0.717) is 38.5 Å². The van der Waals surface area contributed by atoms with Gasteiger partial charge in [0.05, 0.1) is 0 Å². The summed E-state index contributed by atoms with van der Waals surface area (Å²) in [5.74, 6) is -0.276. The summed E-state index contributed by atoms with van der Waals surface area (Å²) in [7, 11) is 2.17. The van der Waals surface area contributed by atoms with Crippen molar-refractivity contribution in [1.82, 2.24) is 9.80 Å². The number of rotatable bonds is 35. The van der Waals surface area contributed by atoms with Crippen LogP contribution in [0.2, 0.25) is 0 Å². The molecule has 1 heterocycles. The molecular formula is C47H88N2O6. The molecule has 1 atom stereocenters. The molecule has 0 aromatic heterocycles. The first-order valence-electron chi connectivity index (χ1n) is 23.1. The molecule has 1 saturated heterocycles. The fourth-order valence-corrected chi connectivity index (χ4v) is 6.80. The van der Waals surface area contributed by atoms with E-state index in [0.717, 1.165) is 122 Å². The van der Waals surface area contributed by atoms with Crippen molar-refractivity contribution in [3.8, 4) is 0 Å². The summed E-state index contributed by atoms with van der Waals surface area (Å²) in [5.41, 5.74) is 0. The number of nitrogens with zero attached hydrogens (tertiary/aromatic N) is 2. The highest BCUT2D eigenvalue weighted by atomic mass is 16.5. The number of hydrogen-bond acceptors (Lipinski definition) is 8. The fourth-order valence-electron chi connectivity index (χ4n) is 6.80. The summed E-state index contributed by atoms with van der Waals surface area (Å²) in [4.78, 5) is 41.9. The predicted molar refractivity (Wildman–Crippen MR) is 231 cm³/mol. The van der Waals surface area contributed by atoms with Crippen LogP contribution in [0.5, 0.6) is 0 Å². The molecule has 0 N–H and O–H groups in total. The zero-order valence-electron chi connectivity index (χ0n) is 36.9. The molecule has 0 saturated carbocycles. The van der Waals surface area contributed by atoms with Crippen LogP contribution in [0.25, 0.3) is 0 Å². The number of carbonyl (C=O) groups excluding carboxylic acids is 3. The Morgan fingerprint density at radius 3 is 1.44 bits per heavy atom. The highest BCUT2D eigenvalue weighted by Gasteiger charge is 2.21. The second kappa shape index (κ2) is 40.0. The fraction of sp³-hybridized carbons (Fsp3) is 0.851. The van der Waals surface area contributed by atoms with E-state index in [1.807, 2.05) is 26.0 Å². The van der Waals surface area contributed by atoms with Gasteiger partial charge < -0.3 is 19.1 Å². The monoisotopic (exact) mass is 777 g/mol. The van der Waals surface area contributed by atoms with Crippen molar-refractivity contribution in [2.24, 2.45) is 0 Å². The normalized spacial score (nSPS) is 14.3. The molecule has 1 aliphatic heterocycles. The first-order valence-corrected chi connectivity index (χ1v) is 23.1. The Labute approximate surface area is 339 Å². The van der Waals surface area contributed by atoms with E-state index in [9.17, 15) is 14.4 Å². The van der Waals surface area contributed by atoms with Crippen LogP contribution in [0.1, 0.15) is 202 Å². The Bertz CT molecular complexity index is 894. The number of piperazine rings is 1. The Hall–Kier alpha value is -2.19. The highest BCUT2D eigenvalue weighted by Crippen LogP contribution is 2.19. The van der Waals surface area contributed by atoms with Crippen molar-refractivity contribution in [3.63, 3.8) is 0 Å². The van der Waals surface area contributed by atoms with Crippen molar-refractivity contribution in [2.75, 3.05) is 46.4 Å². The smallest absolute Gasteiger partial charge is 0.306 e. The summed E-state index contributed by atoms with van der Waals surface area (Å²) >= 11 is 0. The number of hydrogen-bond donors (Lipinski definition) is 0. The van der Waals surface area contributed by atoms with Gasteiger partial charge in [-0.2, -0.15) is 0 Å². The third-order valence-corrected chi connectivity index (χ3v) is 10.5. The number of unbranched alkanes of at least 4 members (excludes halogenated alkanes) is 16. The van der Waals surface area contributed by atoms with E-state index in [1.165, 1.54) is 51.4 Å². The van der Waals surface area contributed by atoms with Crippen LogP contribution in [-0.4, -0.2) is 86.3 Å². The minimum Gasteiger partial charge on any atom is -0.462 e. The van der Waals surface area contributed by atoms with Crippen LogP contribution >= 0.6 is 0 Å². The Morgan fingerprint density at radius 2 is 0.964 bits per heavy atom. The van der Waals surface area contributed by atoms with Gasteiger partial charge in [-0.1, -0.05) is 129 Å². The van der Waals surface area contributed by atoms with Crippen molar-refractivity contribution >= 4 is 17.9 Å². The van der Waals surface area contributed by atoms with E-state index in [-0.39, 0.29) is 24.0 Å². The summed E-state index contributed by atoms with van der Waals surface area (Å²) in [6.45, 7) is 15.7. The highest BCUT2D eigenvalue weighted by molar-refractivity contribution is 5.70. The molecule has 0 radical (unpaired) electrons. The quantitative estimate of drug-likeness (QED) is 0.0272. The van der Waals surface area contributed by atoms with Crippen LogP contribution in [0.4, 0.5) is 0 Å². The second-order valence-corrected chi connectivity index (χ2v) is 15.5. The standard InChI is InChI=1S/C45H82N2O6.C2H6/c1-5-7-9-11-13-21-27-39-51-43(48)31-25-19-15-17-23-29-42(53-45(50)34-33-41(3)47-37-35-46(4)36-38-47)30-24-18-16-20-26-32-44(49)52-40-28-22-14-12-10-8-6-2;1-2/h21-22,27-28,41-42H,5-20,23-26,29-40H2,1-4H3;1-2H3/b27-21-,28-22-;. The summed E-state index contributed by atoms with van der Waals surface area (Å²) in [6, 6.07) is 0.387. The third kappa shape index (κ3) is 34.8. The number of likely N-dealkylation sites (N-methyl/N-ethyl adjacent to an activating group) is 1. The number of allylic oxidation sites excluding steroid dienone is 2. The Morgan fingerprint density at radius 1 is 0.527 bits per heavy atom. The lowest BCUT2D eigenvalue weighted by atomic mass is 10.0. The van der Waals surface area contributed by atoms with Crippen molar-refractivity contribution in [1.29, 1.82) is 0 Å². The van der Waals surface area contributed by atoms with Crippen molar-refractivity contribution in [3.05, 3.63) is 24.3 Å². The molecule has 0 amide bonds. The van der Waals surface area contributed by atoms with E-state index < -0.39 is 0 Å². The lowest BCUT2D eigenvalue weighted by Crippen LogP contribution is -2.48. The van der Waals surface area contributed by atoms with E-state index in [2.05, 4.69) is 49.8 Å². The average Bonchev–Trinajstić information content (AvgIpc) is 3.19. The molecule has 0 spiro atoms. The molecule has 55 heavy (non-hydrogen) atoms. The van der Waals surface area contributed by atoms with Gasteiger partial charge in [-0.3, -0.25) is 19.3 Å². The molecular weight excluding hydrogens is 689 g/mol. The van der Waals surface area contributed by atoms with Gasteiger partial charge >= 0.3 is 17.9 Å². The van der Waals surface area contributed by atoms with Gasteiger partial charge in [0, 0.05) is 51.5 Å². The van der Waals surface area contributed by atoms with Crippen LogP contribution in [0.15, 0.2) is 24.3 Å². The van der Waals surface area contributed by atoms with Gasteiger partial charge in [0.1, 0.15) is 19.3 Å². The maximum absolute atomic E-state index is 13.0. The third-order valence-electron chi connectivity index (χ3n) is 10.5. The van der Waals surface area contributed by atoms with Crippen molar-refractivity contribution in [2.45, 2.75) is 214 Å². The molecule has 8 heteroatoms. The van der Waals surface area contributed by atoms with E-state index >= 15 is 0 Å². The maximum Gasteiger partial charge on any atom is 0.306 e.